The van der Waals surface area contributed by atoms with Gasteiger partial charge in [0.1, 0.15) is 5.71 Å². The molecule has 2 aliphatic heterocycles. The Morgan fingerprint density at radius 1 is 1.17 bits per heavy atom. The molecule has 0 saturated carbocycles. The summed E-state index contributed by atoms with van der Waals surface area (Å²) in [6, 6.07) is 1.86. The van der Waals surface area contributed by atoms with Crippen molar-refractivity contribution in [3.05, 3.63) is 36.3 Å². The number of hydrogen-bond acceptors (Lipinski definition) is 4. The molecule has 0 N–H and O–H groups in total. The van der Waals surface area contributed by atoms with Gasteiger partial charge in [-0.05, 0) is 12.1 Å². The summed E-state index contributed by atoms with van der Waals surface area (Å²) in [5.41, 5.74) is 3.63. The third-order valence-corrected chi connectivity index (χ3v) is 3.05. The van der Waals surface area contributed by atoms with Crippen molar-refractivity contribution in [2.45, 2.75) is 0 Å². The van der Waals surface area contributed by atoms with Gasteiger partial charge in [-0.3, -0.25) is 14.8 Å². The molecule has 5 nitrogen and oxygen atoms in total. The van der Waals surface area contributed by atoms with Gasteiger partial charge in [0.05, 0.1) is 17.4 Å². The highest BCUT2D eigenvalue weighted by Gasteiger charge is 2.28. The highest BCUT2D eigenvalue weighted by molar-refractivity contribution is 6.61. The molecule has 5 heteroatoms. The van der Waals surface area contributed by atoms with Crippen LogP contribution in [-0.2, 0) is 4.79 Å². The van der Waals surface area contributed by atoms with Crippen LogP contribution in [0.1, 0.15) is 5.56 Å². The number of aliphatic imine (C=N–C) groups is 2. The van der Waals surface area contributed by atoms with E-state index in [9.17, 15) is 4.79 Å². The Bertz CT molecular complexity index is 802. The fourth-order valence-corrected chi connectivity index (χ4v) is 2.22. The Hall–Kier alpha value is -2.69. The highest BCUT2D eigenvalue weighted by Crippen LogP contribution is 2.39. The number of rotatable bonds is 0. The molecule has 84 valence electrons. The summed E-state index contributed by atoms with van der Waals surface area (Å²) in [5.74, 6) is -0.300. The zero-order valence-electron chi connectivity index (χ0n) is 9.16. The largest absolute Gasteiger partial charge is 0.296 e. The van der Waals surface area contributed by atoms with Crippen molar-refractivity contribution in [3.8, 4) is 0 Å². The van der Waals surface area contributed by atoms with Crippen LogP contribution >= 0.6 is 0 Å². The fraction of sp³-hybridized carbons (Fsp3) is 0. The molecule has 0 aliphatic carbocycles. The molecule has 0 spiro atoms. The maximum absolute atomic E-state index is 11.7. The second-order valence-electron chi connectivity index (χ2n) is 4.04. The summed E-state index contributed by atoms with van der Waals surface area (Å²) in [6.07, 6.45) is 8.40. The summed E-state index contributed by atoms with van der Waals surface area (Å²) in [7, 11) is 0. The van der Waals surface area contributed by atoms with Gasteiger partial charge in [-0.15, -0.1) is 0 Å². The number of carbonyl (C=O) groups excluding carboxylic acids is 1. The van der Waals surface area contributed by atoms with Gasteiger partial charge in [0.2, 0.25) is 0 Å². The zero-order chi connectivity index (χ0) is 12.1. The number of fused-ring (bicyclic) bond motifs is 5. The summed E-state index contributed by atoms with van der Waals surface area (Å²) in [4.78, 5) is 28.2. The molecule has 2 aromatic heterocycles. The average Bonchev–Trinajstić information content (AvgIpc) is 2.79. The van der Waals surface area contributed by atoms with Crippen LogP contribution in [0.5, 0.6) is 0 Å². The molecule has 0 bridgehead atoms. The van der Waals surface area contributed by atoms with Gasteiger partial charge in [-0.2, -0.15) is 0 Å². The number of pyridine rings is 2. The van der Waals surface area contributed by atoms with Gasteiger partial charge >= 0.3 is 0 Å². The predicted molar refractivity (Wildman–Crippen MR) is 68.1 cm³/mol. The van der Waals surface area contributed by atoms with Gasteiger partial charge in [0.25, 0.3) is 5.91 Å². The molecule has 0 saturated heterocycles. The maximum atomic E-state index is 11.7. The van der Waals surface area contributed by atoms with Crippen LogP contribution in [0.15, 0.2) is 40.7 Å². The van der Waals surface area contributed by atoms with E-state index in [1.54, 1.807) is 24.7 Å². The number of aromatic nitrogens is 2. The van der Waals surface area contributed by atoms with Crippen LogP contribution in [-0.4, -0.2) is 27.8 Å². The summed E-state index contributed by atoms with van der Waals surface area (Å²) in [6.45, 7) is 0. The first-order valence-electron chi connectivity index (χ1n) is 5.45. The van der Waals surface area contributed by atoms with Crippen LogP contribution in [0.4, 0.5) is 5.69 Å². The molecule has 0 fully saturated rings. The van der Waals surface area contributed by atoms with Crippen molar-refractivity contribution in [2.24, 2.45) is 9.98 Å². The molecule has 0 unspecified atom stereocenters. The molecule has 0 atom stereocenters. The van der Waals surface area contributed by atoms with Crippen molar-refractivity contribution >= 4 is 40.0 Å². The SMILES string of the molecule is O=C1N=CC=C2C1=Nc1c2cnc2cnccc12. The second kappa shape index (κ2) is 3.16. The van der Waals surface area contributed by atoms with E-state index in [1.165, 1.54) is 6.21 Å². The molecular weight excluding hydrogens is 228 g/mol. The molecule has 0 aromatic carbocycles. The quantitative estimate of drug-likeness (QED) is 0.696. The summed E-state index contributed by atoms with van der Waals surface area (Å²) >= 11 is 0. The first kappa shape index (κ1) is 9.35. The summed E-state index contributed by atoms with van der Waals surface area (Å²) in [5, 5.41) is 0.901. The molecule has 0 radical (unpaired) electrons. The number of amides is 1. The number of dihydropyridines is 1. The van der Waals surface area contributed by atoms with E-state index in [1.807, 2.05) is 6.07 Å². The molecule has 18 heavy (non-hydrogen) atoms. The minimum Gasteiger partial charge on any atom is -0.265 e. The Morgan fingerprint density at radius 2 is 2.11 bits per heavy atom. The average molecular weight is 234 g/mol. The van der Waals surface area contributed by atoms with Crippen LogP contribution in [0.25, 0.3) is 16.5 Å². The Morgan fingerprint density at radius 3 is 3.06 bits per heavy atom. The molecule has 4 rings (SSSR count). The Balaban J connectivity index is 2.11. The minimum atomic E-state index is -0.300. The lowest BCUT2D eigenvalue weighted by atomic mass is 10.0. The van der Waals surface area contributed by atoms with E-state index < -0.39 is 0 Å². The topological polar surface area (TPSA) is 67.6 Å². The number of nitrogens with zero attached hydrogens (tertiary/aromatic N) is 4. The van der Waals surface area contributed by atoms with Gasteiger partial charge in [-0.1, -0.05) is 0 Å². The van der Waals surface area contributed by atoms with Gasteiger partial charge in [0, 0.05) is 35.1 Å². The van der Waals surface area contributed by atoms with Crippen LogP contribution in [0, 0.1) is 0 Å². The maximum Gasteiger partial charge on any atom is 0.296 e. The second-order valence-corrected chi connectivity index (χ2v) is 4.04. The Kier molecular flexibility index (Phi) is 1.64. The molecule has 4 heterocycles. The van der Waals surface area contributed by atoms with Gasteiger partial charge < -0.3 is 0 Å². The summed E-state index contributed by atoms with van der Waals surface area (Å²) < 4.78 is 0. The van der Waals surface area contributed by atoms with Crippen molar-refractivity contribution in [2.75, 3.05) is 0 Å². The highest BCUT2D eigenvalue weighted by atomic mass is 16.1. The third kappa shape index (κ3) is 1.08. The van der Waals surface area contributed by atoms with E-state index in [2.05, 4.69) is 20.0 Å². The molecular formula is C13H6N4O. The number of allylic oxidation sites excluding steroid dienone is 1. The van der Waals surface area contributed by atoms with E-state index in [0.717, 1.165) is 27.7 Å². The van der Waals surface area contributed by atoms with E-state index in [4.69, 9.17) is 0 Å². The Labute approximate surface area is 102 Å². The third-order valence-electron chi connectivity index (χ3n) is 3.05. The number of hydrogen-bond donors (Lipinski definition) is 0. The van der Waals surface area contributed by atoms with E-state index in [-0.39, 0.29) is 5.91 Å². The molecule has 2 aliphatic rings. The van der Waals surface area contributed by atoms with Crippen molar-refractivity contribution in [1.29, 1.82) is 0 Å². The standard InChI is InChI=1S/C13H6N4O/c18-13-12-7(2-4-15-13)9-5-16-10-6-14-3-1-8(10)11(9)17-12/h1-6H. The lowest BCUT2D eigenvalue weighted by Gasteiger charge is -2.04. The van der Waals surface area contributed by atoms with Crippen molar-refractivity contribution in [1.82, 2.24) is 9.97 Å². The van der Waals surface area contributed by atoms with Gasteiger partial charge in [0.15, 0.2) is 0 Å². The normalized spacial score (nSPS) is 16.3. The minimum absolute atomic E-state index is 0.300. The lowest BCUT2D eigenvalue weighted by Crippen LogP contribution is -2.13. The molecule has 1 amide bonds. The van der Waals surface area contributed by atoms with E-state index >= 15 is 0 Å². The lowest BCUT2D eigenvalue weighted by molar-refractivity contribution is -0.111. The first-order chi connectivity index (χ1) is 8.84. The van der Waals surface area contributed by atoms with Crippen LogP contribution in [0.2, 0.25) is 0 Å². The van der Waals surface area contributed by atoms with Crippen molar-refractivity contribution < 1.29 is 4.79 Å². The fourth-order valence-electron chi connectivity index (χ4n) is 2.22. The van der Waals surface area contributed by atoms with Crippen molar-refractivity contribution in [3.63, 3.8) is 0 Å². The van der Waals surface area contributed by atoms with Gasteiger partial charge in [-0.25, -0.2) is 9.98 Å². The van der Waals surface area contributed by atoms with E-state index in [0.29, 0.717) is 5.71 Å². The predicted octanol–water partition coefficient (Wildman–Crippen LogP) is 1.71. The molecule has 2 aromatic rings. The zero-order valence-corrected chi connectivity index (χ0v) is 9.16. The van der Waals surface area contributed by atoms with Crippen LogP contribution < -0.4 is 0 Å². The smallest absolute Gasteiger partial charge is 0.265 e. The first-order valence-corrected chi connectivity index (χ1v) is 5.45. The number of carbonyl (C=O) groups is 1. The monoisotopic (exact) mass is 234 g/mol. The van der Waals surface area contributed by atoms with Crippen LogP contribution in [0.3, 0.4) is 0 Å².